The minimum Gasteiger partial charge on any atom is -0.313 e. The molecule has 0 aliphatic heterocycles. The van der Waals surface area contributed by atoms with E-state index in [2.05, 4.69) is 33.0 Å². The highest BCUT2D eigenvalue weighted by Crippen LogP contribution is 2.04. The Morgan fingerprint density at radius 2 is 1.81 bits per heavy atom. The zero-order chi connectivity index (χ0) is 12.4. The lowest BCUT2D eigenvalue weighted by molar-refractivity contribution is 0.509. The second kappa shape index (κ2) is 10.3. The SMILES string of the molecule is CCCNC(CCC)CS(=O)CCC(C)C. The van der Waals surface area contributed by atoms with Crippen molar-refractivity contribution < 1.29 is 4.21 Å². The second-order valence-corrected chi connectivity index (χ2v) is 6.55. The monoisotopic (exact) mass is 247 g/mol. The maximum Gasteiger partial charge on any atom is 0.0388 e. The third-order valence-corrected chi connectivity index (χ3v) is 4.10. The van der Waals surface area contributed by atoms with E-state index >= 15 is 0 Å². The van der Waals surface area contributed by atoms with Gasteiger partial charge in [-0.25, -0.2) is 0 Å². The average Bonchev–Trinajstić information content (AvgIpc) is 2.23. The van der Waals surface area contributed by atoms with E-state index in [-0.39, 0.29) is 0 Å². The first-order valence-electron chi connectivity index (χ1n) is 6.68. The Morgan fingerprint density at radius 3 is 2.31 bits per heavy atom. The second-order valence-electron chi connectivity index (χ2n) is 4.93. The maximum absolute atomic E-state index is 11.9. The van der Waals surface area contributed by atoms with E-state index in [9.17, 15) is 4.21 Å². The van der Waals surface area contributed by atoms with Crippen molar-refractivity contribution >= 4 is 10.8 Å². The fourth-order valence-corrected chi connectivity index (χ4v) is 3.25. The molecule has 0 fully saturated rings. The summed E-state index contributed by atoms with van der Waals surface area (Å²) in [6.07, 6.45) is 4.55. The predicted molar refractivity (Wildman–Crippen MR) is 74.3 cm³/mol. The van der Waals surface area contributed by atoms with Crippen LogP contribution in [0.4, 0.5) is 0 Å². The van der Waals surface area contributed by atoms with E-state index in [1.807, 2.05) is 0 Å². The molecule has 16 heavy (non-hydrogen) atoms. The zero-order valence-corrected chi connectivity index (χ0v) is 12.2. The first-order chi connectivity index (χ1) is 7.60. The number of nitrogens with one attached hydrogen (secondary N) is 1. The first-order valence-corrected chi connectivity index (χ1v) is 8.17. The van der Waals surface area contributed by atoms with E-state index < -0.39 is 10.8 Å². The Balaban J connectivity index is 3.82. The van der Waals surface area contributed by atoms with Crippen LogP contribution >= 0.6 is 0 Å². The summed E-state index contributed by atoms with van der Waals surface area (Å²) in [7, 11) is -0.638. The molecule has 2 unspecified atom stereocenters. The van der Waals surface area contributed by atoms with E-state index in [1.165, 1.54) is 6.42 Å². The third kappa shape index (κ3) is 9.34. The van der Waals surface area contributed by atoms with Gasteiger partial charge in [0.05, 0.1) is 0 Å². The molecule has 2 nitrogen and oxygen atoms in total. The van der Waals surface area contributed by atoms with Gasteiger partial charge in [0.15, 0.2) is 0 Å². The molecule has 0 rings (SSSR count). The minimum atomic E-state index is -0.638. The van der Waals surface area contributed by atoms with Crippen LogP contribution in [0.3, 0.4) is 0 Å². The molecule has 0 amide bonds. The van der Waals surface area contributed by atoms with E-state index in [1.54, 1.807) is 0 Å². The van der Waals surface area contributed by atoms with E-state index in [4.69, 9.17) is 0 Å². The summed E-state index contributed by atoms with van der Waals surface area (Å²) in [4.78, 5) is 0. The summed E-state index contributed by atoms with van der Waals surface area (Å²) in [6, 6.07) is 0.456. The number of hydrogen-bond acceptors (Lipinski definition) is 2. The molecule has 0 spiro atoms. The van der Waals surface area contributed by atoms with Gasteiger partial charge in [-0.15, -0.1) is 0 Å². The van der Waals surface area contributed by atoms with Crippen LogP contribution in [-0.4, -0.2) is 28.3 Å². The van der Waals surface area contributed by atoms with Crippen LogP contribution in [0, 0.1) is 5.92 Å². The van der Waals surface area contributed by atoms with Crippen molar-refractivity contribution in [2.45, 2.75) is 59.4 Å². The highest BCUT2D eigenvalue weighted by Gasteiger charge is 2.11. The molecular weight excluding hydrogens is 218 g/mol. The van der Waals surface area contributed by atoms with Crippen LogP contribution in [0.2, 0.25) is 0 Å². The van der Waals surface area contributed by atoms with Crippen LogP contribution in [0.1, 0.15) is 53.4 Å². The van der Waals surface area contributed by atoms with Gasteiger partial charge in [0, 0.05) is 28.3 Å². The summed E-state index contributed by atoms with van der Waals surface area (Å²) in [5.41, 5.74) is 0. The number of rotatable bonds is 10. The van der Waals surface area contributed by atoms with Gasteiger partial charge in [-0.1, -0.05) is 34.1 Å². The largest absolute Gasteiger partial charge is 0.313 e. The molecule has 0 aliphatic carbocycles. The Morgan fingerprint density at radius 1 is 1.12 bits per heavy atom. The highest BCUT2D eigenvalue weighted by atomic mass is 32.2. The fraction of sp³-hybridized carbons (Fsp3) is 1.00. The van der Waals surface area contributed by atoms with Gasteiger partial charge in [-0.3, -0.25) is 4.21 Å². The van der Waals surface area contributed by atoms with Gasteiger partial charge in [0.2, 0.25) is 0 Å². The lowest BCUT2D eigenvalue weighted by Crippen LogP contribution is -2.35. The highest BCUT2D eigenvalue weighted by molar-refractivity contribution is 7.85. The van der Waals surface area contributed by atoms with Crippen LogP contribution in [-0.2, 0) is 10.8 Å². The van der Waals surface area contributed by atoms with Gasteiger partial charge in [0.25, 0.3) is 0 Å². The van der Waals surface area contributed by atoms with Crippen LogP contribution in [0.5, 0.6) is 0 Å². The Labute approximate surface area is 104 Å². The van der Waals surface area contributed by atoms with Crippen molar-refractivity contribution in [1.82, 2.24) is 5.32 Å². The van der Waals surface area contributed by atoms with Crippen molar-refractivity contribution in [3.8, 4) is 0 Å². The summed E-state index contributed by atoms with van der Waals surface area (Å²) in [5, 5.41) is 3.50. The van der Waals surface area contributed by atoms with Crippen molar-refractivity contribution in [2.24, 2.45) is 5.92 Å². The van der Waals surface area contributed by atoms with Crippen molar-refractivity contribution in [2.75, 3.05) is 18.1 Å². The normalized spacial score (nSPS) is 15.3. The standard InChI is InChI=1S/C13H29NOS/c1-5-7-13(14-9-6-2)11-16(15)10-8-12(3)4/h12-14H,5-11H2,1-4H3. The van der Waals surface area contributed by atoms with Crippen LogP contribution in [0.15, 0.2) is 0 Å². The molecule has 98 valence electrons. The summed E-state index contributed by atoms with van der Waals surface area (Å²) < 4.78 is 11.9. The molecule has 0 radical (unpaired) electrons. The first kappa shape index (κ1) is 16.1. The van der Waals surface area contributed by atoms with Gasteiger partial charge in [-0.2, -0.15) is 0 Å². The van der Waals surface area contributed by atoms with Crippen molar-refractivity contribution in [1.29, 1.82) is 0 Å². The van der Waals surface area contributed by atoms with Crippen LogP contribution in [0.25, 0.3) is 0 Å². The molecule has 0 aliphatic rings. The smallest absolute Gasteiger partial charge is 0.0388 e. The molecular formula is C13H29NOS. The molecule has 0 heterocycles. The topological polar surface area (TPSA) is 29.1 Å². The molecule has 0 aromatic carbocycles. The molecule has 0 saturated heterocycles. The van der Waals surface area contributed by atoms with Gasteiger partial charge >= 0.3 is 0 Å². The molecule has 0 bridgehead atoms. The summed E-state index contributed by atoms with van der Waals surface area (Å²) >= 11 is 0. The van der Waals surface area contributed by atoms with E-state index in [0.29, 0.717) is 12.0 Å². The molecule has 2 atom stereocenters. The Hall–Kier alpha value is 0.110. The van der Waals surface area contributed by atoms with Crippen molar-refractivity contribution in [3.63, 3.8) is 0 Å². The Kier molecular flexibility index (Phi) is 10.3. The molecule has 1 N–H and O–H groups in total. The average molecular weight is 247 g/mol. The molecule has 0 aromatic heterocycles. The van der Waals surface area contributed by atoms with Gasteiger partial charge in [-0.05, 0) is 31.7 Å². The lowest BCUT2D eigenvalue weighted by atomic mass is 10.2. The molecule has 0 saturated carbocycles. The third-order valence-electron chi connectivity index (χ3n) is 2.63. The van der Waals surface area contributed by atoms with Crippen LogP contribution < -0.4 is 5.32 Å². The zero-order valence-electron chi connectivity index (χ0n) is 11.4. The Bertz CT molecular complexity index is 183. The lowest BCUT2D eigenvalue weighted by Gasteiger charge is -2.17. The van der Waals surface area contributed by atoms with Crippen molar-refractivity contribution in [3.05, 3.63) is 0 Å². The fourth-order valence-electron chi connectivity index (χ4n) is 1.62. The van der Waals surface area contributed by atoms with Gasteiger partial charge in [0.1, 0.15) is 0 Å². The molecule has 3 heteroatoms. The predicted octanol–water partition coefficient (Wildman–Crippen LogP) is 2.95. The molecule has 0 aromatic rings. The summed E-state index contributed by atoms with van der Waals surface area (Å²) in [6.45, 7) is 9.79. The number of hydrogen-bond donors (Lipinski definition) is 1. The maximum atomic E-state index is 11.9. The van der Waals surface area contributed by atoms with Gasteiger partial charge < -0.3 is 5.32 Å². The quantitative estimate of drug-likeness (QED) is 0.643. The van der Waals surface area contributed by atoms with E-state index in [0.717, 1.165) is 37.3 Å². The minimum absolute atomic E-state index is 0.456. The summed E-state index contributed by atoms with van der Waals surface area (Å²) in [5.74, 6) is 2.36.